The van der Waals surface area contributed by atoms with Crippen molar-refractivity contribution in [3.63, 3.8) is 0 Å². The molecule has 0 unspecified atom stereocenters. The number of anilines is 1. The van der Waals surface area contributed by atoms with Crippen LogP contribution >= 0.6 is 0 Å². The Hall–Kier alpha value is -4.20. The minimum absolute atomic E-state index is 0.0858. The van der Waals surface area contributed by atoms with Gasteiger partial charge in [-0.05, 0) is 55.2 Å². The Kier molecular flexibility index (Phi) is 6.07. The molecule has 2 amide bonds. The van der Waals surface area contributed by atoms with E-state index in [9.17, 15) is 4.79 Å². The van der Waals surface area contributed by atoms with Gasteiger partial charge in [-0.1, -0.05) is 30.3 Å². The Balaban J connectivity index is 1.09. The number of benzene rings is 3. The molecule has 1 N–H and O–H groups in total. The Morgan fingerprint density at radius 2 is 1.75 bits per heavy atom. The summed E-state index contributed by atoms with van der Waals surface area (Å²) < 4.78 is 19.1. The number of urea groups is 1. The SMILES string of the molecule is O=C(Nc1ccc2c(c1)OCO2)N1CCC(Cn2c(COc3ccccc3)nc3ccccc32)CC1. The van der Waals surface area contributed by atoms with Gasteiger partial charge in [0, 0.05) is 31.4 Å². The van der Waals surface area contributed by atoms with Gasteiger partial charge in [0.1, 0.15) is 18.2 Å². The van der Waals surface area contributed by atoms with Gasteiger partial charge in [0.15, 0.2) is 11.5 Å². The molecule has 8 nitrogen and oxygen atoms in total. The van der Waals surface area contributed by atoms with E-state index in [1.165, 1.54) is 0 Å². The van der Waals surface area contributed by atoms with Crippen LogP contribution in [-0.4, -0.2) is 40.4 Å². The number of carbonyl (C=O) groups excluding carboxylic acids is 1. The summed E-state index contributed by atoms with van der Waals surface area (Å²) in [6.45, 7) is 2.90. The first-order valence-corrected chi connectivity index (χ1v) is 12.3. The fourth-order valence-corrected chi connectivity index (χ4v) is 4.86. The number of para-hydroxylation sites is 3. The average molecular weight is 485 g/mol. The second-order valence-corrected chi connectivity index (χ2v) is 9.16. The highest BCUT2D eigenvalue weighted by atomic mass is 16.7. The van der Waals surface area contributed by atoms with E-state index >= 15 is 0 Å². The summed E-state index contributed by atoms with van der Waals surface area (Å²) in [5, 5.41) is 2.99. The molecule has 3 heterocycles. The molecule has 8 heteroatoms. The van der Waals surface area contributed by atoms with Gasteiger partial charge in [-0.25, -0.2) is 9.78 Å². The summed E-state index contributed by atoms with van der Waals surface area (Å²) in [4.78, 5) is 19.6. The summed E-state index contributed by atoms with van der Waals surface area (Å²) in [7, 11) is 0. The average Bonchev–Trinajstić information content (AvgIpc) is 3.53. The molecule has 0 radical (unpaired) electrons. The minimum Gasteiger partial charge on any atom is -0.486 e. The Labute approximate surface area is 209 Å². The molecule has 1 saturated heterocycles. The lowest BCUT2D eigenvalue weighted by molar-refractivity contribution is 0.174. The number of nitrogens with one attached hydrogen (secondary N) is 1. The van der Waals surface area contributed by atoms with Gasteiger partial charge in [0.2, 0.25) is 6.79 Å². The number of rotatable bonds is 6. The zero-order chi connectivity index (χ0) is 24.3. The van der Waals surface area contributed by atoms with Crippen LogP contribution in [0, 0.1) is 5.92 Å². The van der Waals surface area contributed by atoms with Crippen molar-refractivity contribution < 1.29 is 19.0 Å². The van der Waals surface area contributed by atoms with Crippen LogP contribution in [0.25, 0.3) is 11.0 Å². The quantitative estimate of drug-likeness (QED) is 0.403. The van der Waals surface area contributed by atoms with Crippen LogP contribution in [0.1, 0.15) is 18.7 Å². The van der Waals surface area contributed by atoms with Gasteiger partial charge in [-0.2, -0.15) is 0 Å². The number of imidazole rings is 1. The van der Waals surface area contributed by atoms with Crippen molar-refractivity contribution in [2.24, 2.45) is 5.92 Å². The number of aromatic nitrogens is 2. The molecule has 0 saturated carbocycles. The first-order valence-electron chi connectivity index (χ1n) is 12.3. The molecule has 2 aliphatic heterocycles. The van der Waals surface area contributed by atoms with Gasteiger partial charge in [0.05, 0.1) is 11.0 Å². The number of ether oxygens (including phenoxy) is 3. The molecule has 0 aliphatic carbocycles. The number of piperidine rings is 1. The van der Waals surface area contributed by atoms with Crippen molar-refractivity contribution in [3.05, 3.63) is 78.6 Å². The van der Waals surface area contributed by atoms with Crippen LogP contribution in [0.4, 0.5) is 10.5 Å². The maximum absolute atomic E-state index is 12.9. The Morgan fingerprint density at radius 3 is 2.61 bits per heavy atom. The number of fused-ring (bicyclic) bond motifs is 2. The van der Waals surface area contributed by atoms with E-state index in [2.05, 4.69) is 16.0 Å². The predicted octanol–water partition coefficient (Wildman–Crippen LogP) is 5.29. The molecule has 4 aromatic rings. The fourth-order valence-electron chi connectivity index (χ4n) is 4.86. The summed E-state index contributed by atoms with van der Waals surface area (Å²) in [6, 6.07) is 23.4. The van der Waals surface area contributed by atoms with E-state index in [0.29, 0.717) is 42.8 Å². The minimum atomic E-state index is -0.0858. The molecular formula is C28H28N4O4. The molecule has 3 aromatic carbocycles. The van der Waals surface area contributed by atoms with E-state index in [1.807, 2.05) is 65.6 Å². The summed E-state index contributed by atoms with van der Waals surface area (Å²) in [6.07, 6.45) is 1.86. The van der Waals surface area contributed by atoms with Crippen molar-refractivity contribution >= 4 is 22.8 Å². The fraction of sp³-hybridized carbons (Fsp3) is 0.286. The zero-order valence-corrected chi connectivity index (χ0v) is 19.9. The third-order valence-corrected chi connectivity index (χ3v) is 6.81. The van der Waals surface area contributed by atoms with Crippen LogP contribution < -0.4 is 19.5 Å². The molecule has 184 valence electrons. The van der Waals surface area contributed by atoms with E-state index in [-0.39, 0.29) is 12.8 Å². The zero-order valence-electron chi connectivity index (χ0n) is 19.9. The second kappa shape index (κ2) is 9.81. The second-order valence-electron chi connectivity index (χ2n) is 9.16. The first kappa shape index (κ1) is 22.3. The predicted molar refractivity (Wildman–Crippen MR) is 136 cm³/mol. The van der Waals surface area contributed by atoms with Crippen LogP contribution in [0.3, 0.4) is 0 Å². The van der Waals surface area contributed by atoms with Crippen molar-refractivity contribution in [1.82, 2.24) is 14.5 Å². The van der Waals surface area contributed by atoms with E-state index in [0.717, 1.165) is 42.0 Å². The maximum atomic E-state index is 12.9. The smallest absolute Gasteiger partial charge is 0.321 e. The highest BCUT2D eigenvalue weighted by Crippen LogP contribution is 2.34. The first-order chi connectivity index (χ1) is 17.7. The van der Waals surface area contributed by atoms with Crippen molar-refractivity contribution in [1.29, 1.82) is 0 Å². The van der Waals surface area contributed by atoms with E-state index in [4.69, 9.17) is 19.2 Å². The summed E-state index contributed by atoms with van der Waals surface area (Å²) in [5.41, 5.74) is 2.80. The largest absolute Gasteiger partial charge is 0.486 e. The highest BCUT2D eigenvalue weighted by Gasteiger charge is 2.25. The van der Waals surface area contributed by atoms with Crippen LogP contribution in [-0.2, 0) is 13.2 Å². The van der Waals surface area contributed by atoms with Crippen molar-refractivity contribution in [2.45, 2.75) is 26.0 Å². The third kappa shape index (κ3) is 4.66. The van der Waals surface area contributed by atoms with E-state index in [1.54, 1.807) is 6.07 Å². The number of amides is 2. The van der Waals surface area contributed by atoms with Gasteiger partial charge in [-0.3, -0.25) is 0 Å². The summed E-state index contributed by atoms with van der Waals surface area (Å²) in [5.74, 6) is 3.56. The van der Waals surface area contributed by atoms with Gasteiger partial charge in [-0.15, -0.1) is 0 Å². The number of carbonyl (C=O) groups is 1. The van der Waals surface area contributed by atoms with Crippen molar-refractivity contribution in [2.75, 3.05) is 25.2 Å². The monoisotopic (exact) mass is 484 g/mol. The maximum Gasteiger partial charge on any atom is 0.321 e. The van der Waals surface area contributed by atoms with Crippen LogP contribution in [0.2, 0.25) is 0 Å². The molecule has 36 heavy (non-hydrogen) atoms. The number of nitrogens with zero attached hydrogens (tertiary/aromatic N) is 3. The normalized spacial score (nSPS) is 15.3. The van der Waals surface area contributed by atoms with Crippen molar-refractivity contribution in [3.8, 4) is 17.2 Å². The molecule has 1 fully saturated rings. The van der Waals surface area contributed by atoms with Gasteiger partial charge >= 0.3 is 6.03 Å². The Morgan fingerprint density at radius 1 is 0.972 bits per heavy atom. The molecule has 0 bridgehead atoms. The summed E-state index contributed by atoms with van der Waals surface area (Å²) >= 11 is 0. The van der Waals surface area contributed by atoms with Crippen LogP contribution in [0.15, 0.2) is 72.8 Å². The molecule has 0 atom stereocenters. The van der Waals surface area contributed by atoms with Gasteiger partial charge in [0.25, 0.3) is 0 Å². The molecule has 6 rings (SSSR count). The third-order valence-electron chi connectivity index (χ3n) is 6.81. The topological polar surface area (TPSA) is 77.9 Å². The molecule has 2 aliphatic rings. The lowest BCUT2D eigenvalue weighted by Crippen LogP contribution is -2.41. The Bertz CT molecular complexity index is 1360. The van der Waals surface area contributed by atoms with Gasteiger partial charge < -0.3 is 29.0 Å². The van der Waals surface area contributed by atoms with E-state index < -0.39 is 0 Å². The number of likely N-dealkylation sites (tertiary alicyclic amines) is 1. The lowest BCUT2D eigenvalue weighted by Gasteiger charge is -2.32. The molecule has 1 aromatic heterocycles. The van der Waals surface area contributed by atoms with Crippen LogP contribution in [0.5, 0.6) is 17.2 Å². The number of hydrogen-bond acceptors (Lipinski definition) is 5. The molecular weight excluding hydrogens is 456 g/mol. The standard InChI is InChI=1S/C28H28N4O4/c33-28(29-21-10-11-25-26(16-21)36-19-35-25)31-14-12-20(13-15-31)17-32-24-9-5-4-8-23(24)30-27(32)18-34-22-6-2-1-3-7-22/h1-11,16,20H,12-15,17-19H2,(H,29,33). The lowest BCUT2D eigenvalue weighted by atomic mass is 9.96. The number of hydrogen-bond donors (Lipinski definition) is 1. The highest BCUT2D eigenvalue weighted by molar-refractivity contribution is 5.89. The molecule has 0 spiro atoms.